The molecule has 2 N–H and O–H groups in total. The van der Waals surface area contributed by atoms with E-state index in [9.17, 15) is 5.11 Å². The van der Waals surface area contributed by atoms with Crippen molar-refractivity contribution >= 4 is 34.8 Å². The van der Waals surface area contributed by atoms with E-state index >= 15 is 0 Å². The second kappa shape index (κ2) is 8.20. The zero-order chi connectivity index (χ0) is 20.6. The van der Waals surface area contributed by atoms with Crippen molar-refractivity contribution in [3.05, 3.63) is 75.2 Å². The van der Waals surface area contributed by atoms with Crippen LogP contribution in [-0.4, -0.2) is 10.6 Å². The Morgan fingerprint density at radius 2 is 1.55 bits per heavy atom. The third kappa shape index (κ3) is 4.41. The molecule has 0 atom stereocenters. The third-order valence-corrected chi connectivity index (χ3v) is 6.75. The van der Waals surface area contributed by atoms with E-state index in [1.54, 1.807) is 12.1 Å². The number of phenols is 1. The predicted octanol–water partition coefficient (Wildman–Crippen LogP) is 7.72. The third-order valence-electron chi connectivity index (χ3n) is 5.76. The molecule has 29 heavy (non-hydrogen) atoms. The number of nitrogens with one attached hydrogen (secondary N) is 1. The van der Waals surface area contributed by atoms with Crippen LogP contribution in [-0.2, 0) is 6.54 Å². The van der Waals surface area contributed by atoms with Crippen LogP contribution in [0.25, 0.3) is 22.3 Å². The molecule has 0 amide bonds. The SMILES string of the molecule is CC1(NCc2cc(-c3ccc(Cl)cc3)cc(-c3ccc(Cl)c(Cl)c3)c2O)CCC1. The second-order valence-corrected chi connectivity index (χ2v) is 9.19. The number of phenolic OH excluding ortho intramolecular Hbond substituents is 1. The van der Waals surface area contributed by atoms with Gasteiger partial charge in [0.25, 0.3) is 0 Å². The Morgan fingerprint density at radius 3 is 2.17 bits per heavy atom. The molecule has 1 aliphatic carbocycles. The maximum Gasteiger partial charge on any atom is 0.127 e. The number of halogens is 3. The lowest BCUT2D eigenvalue weighted by molar-refractivity contribution is 0.206. The van der Waals surface area contributed by atoms with Crippen molar-refractivity contribution in [1.82, 2.24) is 5.32 Å². The summed E-state index contributed by atoms with van der Waals surface area (Å²) < 4.78 is 0. The molecular weight excluding hydrogens is 425 g/mol. The first-order valence-corrected chi connectivity index (χ1v) is 10.8. The molecule has 0 spiro atoms. The molecule has 2 nitrogen and oxygen atoms in total. The molecule has 3 aromatic carbocycles. The fourth-order valence-electron chi connectivity index (χ4n) is 3.71. The number of hydrogen-bond donors (Lipinski definition) is 2. The van der Waals surface area contributed by atoms with E-state index in [1.807, 2.05) is 42.5 Å². The van der Waals surface area contributed by atoms with E-state index in [0.29, 0.717) is 21.6 Å². The van der Waals surface area contributed by atoms with Crippen LogP contribution in [0.5, 0.6) is 5.75 Å². The van der Waals surface area contributed by atoms with Gasteiger partial charge in [0.2, 0.25) is 0 Å². The highest BCUT2D eigenvalue weighted by Crippen LogP contribution is 2.40. The summed E-state index contributed by atoms with van der Waals surface area (Å²) in [6.07, 6.45) is 3.56. The van der Waals surface area contributed by atoms with E-state index in [0.717, 1.165) is 40.7 Å². The number of rotatable bonds is 5. The van der Waals surface area contributed by atoms with Gasteiger partial charge in [-0.3, -0.25) is 0 Å². The Balaban J connectivity index is 1.79. The highest BCUT2D eigenvalue weighted by molar-refractivity contribution is 6.42. The zero-order valence-corrected chi connectivity index (χ0v) is 18.4. The van der Waals surface area contributed by atoms with Crippen LogP contribution in [0.3, 0.4) is 0 Å². The van der Waals surface area contributed by atoms with Crippen LogP contribution in [0.4, 0.5) is 0 Å². The largest absolute Gasteiger partial charge is 0.507 e. The molecule has 1 fully saturated rings. The van der Waals surface area contributed by atoms with Crippen LogP contribution in [0.2, 0.25) is 15.1 Å². The summed E-state index contributed by atoms with van der Waals surface area (Å²) in [6, 6.07) is 17.1. The maximum atomic E-state index is 11.1. The van der Waals surface area contributed by atoms with Crippen molar-refractivity contribution < 1.29 is 5.11 Å². The Labute approximate surface area is 186 Å². The minimum absolute atomic E-state index is 0.145. The van der Waals surface area contributed by atoms with Gasteiger partial charge in [0.05, 0.1) is 10.0 Å². The Hall–Kier alpha value is -1.71. The average molecular weight is 447 g/mol. The first-order chi connectivity index (χ1) is 13.8. The quantitative estimate of drug-likeness (QED) is 0.420. The van der Waals surface area contributed by atoms with Gasteiger partial charge in [0.1, 0.15) is 5.75 Å². The van der Waals surface area contributed by atoms with E-state index in [-0.39, 0.29) is 11.3 Å². The fraction of sp³-hybridized carbons (Fsp3) is 0.250. The standard InChI is InChI=1S/C24H22Cl3NO/c1-24(9-2-10-24)28-14-18-11-17(15-3-6-19(25)7-4-15)12-20(23(18)29)16-5-8-21(26)22(27)13-16/h3-8,11-13,28-29H,2,9-10,14H2,1H3. The number of aromatic hydroxyl groups is 1. The Morgan fingerprint density at radius 1 is 0.862 bits per heavy atom. The van der Waals surface area contributed by atoms with Crippen molar-refractivity contribution in [3.8, 4) is 28.0 Å². The number of benzene rings is 3. The molecule has 0 bridgehead atoms. The van der Waals surface area contributed by atoms with Gasteiger partial charge in [-0.1, -0.05) is 53.0 Å². The van der Waals surface area contributed by atoms with Gasteiger partial charge in [0, 0.05) is 28.2 Å². The summed E-state index contributed by atoms with van der Waals surface area (Å²) in [5, 5.41) is 16.3. The Kier molecular flexibility index (Phi) is 5.81. The topological polar surface area (TPSA) is 32.3 Å². The molecule has 3 aromatic rings. The monoisotopic (exact) mass is 445 g/mol. The van der Waals surface area contributed by atoms with Crippen molar-refractivity contribution in [2.75, 3.05) is 0 Å². The molecule has 1 aliphatic rings. The maximum absolute atomic E-state index is 11.1. The molecule has 0 aromatic heterocycles. The highest BCUT2D eigenvalue weighted by atomic mass is 35.5. The summed E-state index contributed by atoms with van der Waals surface area (Å²) >= 11 is 18.4. The van der Waals surface area contributed by atoms with E-state index in [4.69, 9.17) is 34.8 Å². The van der Waals surface area contributed by atoms with Gasteiger partial charge >= 0.3 is 0 Å². The zero-order valence-electron chi connectivity index (χ0n) is 16.1. The molecule has 0 aliphatic heterocycles. The molecule has 0 saturated heterocycles. The highest BCUT2D eigenvalue weighted by Gasteiger charge is 2.31. The lowest BCUT2D eigenvalue weighted by Crippen LogP contribution is -2.47. The summed E-state index contributed by atoms with van der Waals surface area (Å²) in [5.74, 6) is 0.261. The minimum atomic E-state index is 0.145. The average Bonchev–Trinajstić information content (AvgIpc) is 2.68. The van der Waals surface area contributed by atoms with Crippen molar-refractivity contribution in [2.45, 2.75) is 38.3 Å². The first-order valence-electron chi connectivity index (χ1n) is 9.67. The van der Waals surface area contributed by atoms with Crippen molar-refractivity contribution in [1.29, 1.82) is 0 Å². The molecule has 0 radical (unpaired) electrons. The van der Waals surface area contributed by atoms with E-state index in [2.05, 4.69) is 12.2 Å². The minimum Gasteiger partial charge on any atom is -0.507 e. The number of hydrogen-bond acceptors (Lipinski definition) is 2. The van der Waals surface area contributed by atoms with Crippen LogP contribution in [0.15, 0.2) is 54.6 Å². The van der Waals surface area contributed by atoms with Crippen LogP contribution < -0.4 is 5.32 Å². The summed E-state index contributed by atoms with van der Waals surface area (Å²) in [6.45, 7) is 2.83. The lowest BCUT2D eigenvalue weighted by atomic mass is 9.78. The van der Waals surface area contributed by atoms with Gasteiger partial charge in [-0.2, -0.15) is 0 Å². The fourth-order valence-corrected chi connectivity index (χ4v) is 4.14. The first kappa shape index (κ1) is 20.6. The normalized spacial score (nSPS) is 15.2. The van der Waals surface area contributed by atoms with E-state index < -0.39 is 0 Å². The van der Waals surface area contributed by atoms with Crippen LogP contribution >= 0.6 is 34.8 Å². The predicted molar refractivity (Wildman–Crippen MR) is 123 cm³/mol. The van der Waals surface area contributed by atoms with Crippen molar-refractivity contribution in [3.63, 3.8) is 0 Å². The lowest BCUT2D eigenvalue weighted by Gasteiger charge is -2.39. The molecule has 150 valence electrons. The van der Waals surface area contributed by atoms with Gasteiger partial charge in [-0.25, -0.2) is 0 Å². The summed E-state index contributed by atoms with van der Waals surface area (Å²) in [5.41, 5.74) is 4.59. The van der Waals surface area contributed by atoms with Gasteiger partial charge in [0.15, 0.2) is 0 Å². The summed E-state index contributed by atoms with van der Waals surface area (Å²) in [7, 11) is 0. The molecule has 4 rings (SSSR count). The smallest absolute Gasteiger partial charge is 0.127 e. The molecule has 0 unspecified atom stereocenters. The molecular formula is C24H22Cl3NO. The van der Waals surface area contributed by atoms with E-state index in [1.165, 1.54) is 6.42 Å². The molecule has 5 heteroatoms. The van der Waals surface area contributed by atoms with Crippen LogP contribution in [0, 0.1) is 0 Å². The Bertz CT molecular complexity index is 1040. The second-order valence-electron chi connectivity index (χ2n) is 7.94. The van der Waals surface area contributed by atoms with Crippen LogP contribution in [0.1, 0.15) is 31.7 Å². The molecule has 1 saturated carbocycles. The van der Waals surface area contributed by atoms with Gasteiger partial charge in [-0.05, 0) is 79.3 Å². The molecule has 0 heterocycles. The van der Waals surface area contributed by atoms with Crippen molar-refractivity contribution in [2.24, 2.45) is 0 Å². The summed E-state index contributed by atoms with van der Waals surface area (Å²) in [4.78, 5) is 0. The van der Waals surface area contributed by atoms with Gasteiger partial charge in [-0.15, -0.1) is 0 Å². The van der Waals surface area contributed by atoms with Gasteiger partial charge < -0.3 is 10.4 Å².